The van der Waals surface area contributed by atoms with Crippen molar-refractivity contribution in [2.24, 2.45) is 17.6 Å². The van der Waals surface area contributed by atoms with Crippen molar-refractivity contribution in [2.75, 3.05) is 20.2 Å². The van der Waals surface area contributed by atoms with E-state index < -0.39 is 0 Å². The molecule has 3 rings (SSSR count). The molecule has 1 heterocycles. The molecule has 0 aromatic heterocycles. The summed E-state index contributed by atoms with van der Waals surface area (Å²) in [7, 11) is 1.71. The largest absolute Gasteiger partial charge is 0.497 e. The molecule has 1 saturated carbocycles. The van der Waals surface area contributed by atoms with E-state index in [1.54, 1.807) is 7.11 Å². The van der Waals surface area contributed by atoms with Gasteiger partial charge in [-0.3, -0.25) is 4.90 Å². The maximum Gasteiger partial charge on any atom is 0.118 e. The van der Waals surface area contributed by atoms with Gasteiger partial charge in [0.1, 0.15) is 5.75 Å². The van der Waals surface area contributed by atoms with Crippen LogP contribution in [0.5, 0.6) is 5.75 Å². The molecule has 1 aliphatic heterocycles. The minimum absolute atomic E-state index is 0.761. The molecule has 104 valence electrons. The Kier molecular flexibility index (Phi) is 3.76. The van der Waals surface area contributed by atoms with Crippen molar-refractivity contribution in [3.63, 3.8) is 0 Å². The number of nitrogens with two attached hydrogens (primary N) is 1. The molecule has 0 amide bonds. The third-order valence-corrected chi connectivity index (χ3v) is 4.95. The van der Waals surface area contributed by atoms with Gasteiger partial charge in [-0.1, -0.05) is 12.1 Å². The first-order valence-electron chi connectivity index (χ1n) is 7.37. The number of benzene rings is 1. The molecule has 3 nitrogen and oxygen atoms in total. The highest BCUT2D eigenvalue weighted by atomic mass is 16.5. The summed E-state index contributed by atoms with van der Waals surface area (Å²) in [6.45, 7) is 3.18. The molecule has 19 heavy (non-hydrogen) atoms. The van der Waals surface area contributed by atoms with Crippen LogP contribution in [0, 0.1) is 11.8 Å². The average Bonchev–Trinajstić information content (AvgIpc) is 2.77. The van der Waals surface area contributed by atoms with E-state index in [0.717, 1.165) is 36.7 Å². The van der Waals surface area contributed by atoms with Gasteiger partial charge in [-0.2, -0.15) is 0 Å². The Balaban J connectivity index is 1.64. The maximum atomic E-state index is 5.89. The molecule has 1 aromatic rings. The predicted octanol–water partition coefficient (Wildman–Crippen LogP) is 2.25. The van der Waals surface area contributed by atoms with E-state index in [1.165, 1.54) is 31.4 Å². The van der Waals surface area contributed by atoms with E-state index >= 15 is 0 Å². The quantitative estimate of drug-likeness (QED) is 0.902. The summed E-state index contributed by atoms with van der Waals surface area (Å²) in [5, 5.41) is 0. The molecule has 1 saturated heterocycles. The summed E-state index contributed by atoms with van der Waals surface area (Å²) in [6, 6.07) is 9.26. The van der Waals surface area contributed by atoms with Crippen LogP contribution in [0.4, 0.5) is 0 Å². The standard InChI is InChI=1S/C16H24N2O/c1-19-16-6-2-12(3-7-16)10-18-11-14-8-15(18)5-4-13(14)9-17/h2-3,6-7,13-15H,4-5,8-11,17H2,1H3. The number of nitrogens with zero attached hydrogens (tertiary/aromatic N) is 1. The topological polar surface area (TPSA) is 38.5 Å². The van der Waals surface area contributed by atoms with Crippen LogP contribution in [-0.4, -0.2) is 31.1 Å². The molecule has 0 radical (unpaired) electrons. The summed E-state index contributed by atoms with van der Waals surface area (Å²) in [6.07, 6.45) is 4.01. The molecule has 3 atom stereocenters. The van der Waals surface area contributed by atoms with Gasteiger partial charge in [-0.25, -0.2) is 0 Å². The number of hydrogen-bond donors (Lipinski definition) is 1. The third-order valence-electron chi connectivity index (χ3n) is 4.95. The van der Waals surface area contributed by atoms with Gasteiger partial charge < -0.3 is 10.5 Å². The van der Waals surface area contributed by atoms with Gasteiger partial charge in [-0.15, -0.1) is 0 Å². The minimum atomic E-state index is 0.761. The van der Waals surface area contributed by atoms with E-state index in [-0.39, 0.29) is 0 Å². The summed E-state index contributed by atoms with van der Waals surface area (Å²) in [4.78, 5) is 2.65. The van der Waals surface area contributed by atoms with Crippen molar-refractivity contribution in [1.82, 2.24) is 4.90 Å². The molecule has 2 aliphatic rings. The Hall–Kier alpha value is -1.06. The number of methoxy groups -OCH3 is 1. The fourth-order valence-electron chi connectivity index (χ4n) is 3.78. The molecule has 1 aromatic carbocycles. The molecular weight excluding hydrogens is 236 g/mol. The minimum Gasteiger partial charge on any atom is -0.497 e. The Bertz CT molecular complexity index is 417. The summed E-state index contributed by atoms with van der Waals surface area (Å²) in [5.74, 6) is 2.53. The summed E-state index contributed by atoms with van der Waals surface area (Å²) in [5.41, 5.74) is 7.27. The smallest absolute Gasteiger partial charge is 0.118 e. The van der Waals surface area contributed by atoms with Crippen LogP contribution in [0.15, 0.2) is 24.3 Å². The number of ether oxygens (including phenoxy) is 1. The van der Waals surface area contributed by atoms with E-state index in [2.05, 4.69) is 29.2 Å². The van der Waals surface area contributed by atoms with Crippen LogP contribution in [-0.2, 0) is 6.54 Å². The molecule has 3 unspecified atom stereocenters. The van der Waals surface area contributed by atoms with Gasteiger partial charge in [0, 0.05) is 19.1 Å². The zero-order valence-corrected chi connectivity index (χ0v) is 11.7. The van der Waals surface area contributed by atoms with Crippen LogP contribution >= 0.6 is 0 Å². The lowest BCUT2D eigenvalue weighted by Crippen LogP contribution is -2.29. The van der Waals surface area contributed by atoms with Crippen LogP contribution in [0.25, 0.3) is 0 Å². The second kappa shape index (κ2) is 5.51. The van der Waals surface area contributed by atoms with Gasteiger partial charge in [0.05, 0.1) is 7.11 Å². The first-order chi connectivity index (χ1) is 9.30. The highest BCUT2D eigenvalue weighted by Crippen LogP contribution is 2.39. The molecule has 2 N–H and O–H groups in total. The monoisotopic (exact) mass is 260 g/mol. The lowest BCUT2D eigenvalue weighted by atomic mass is 9.80. The van der Waals surface area contributed by atoms with Gasteiger partial charge >= 0.3 is 0 Å². The number of fused-ring (bicyclic) bond motifs is 2. The van der Waals surface area contributed by atoms with Gasteiger partial charge in [-0.05, 0) is 55.3 Å². The lowest BCUT2D eigenvalue weighted by Gasteiger charge is -2.27. The Morgan fingerprint density at radius 3 is 2.74 bits per heavy atom. The lowest BCUT2D eigenvalue weighted by molar-refractivity contribution is 0.230. The van der Waals surface area contributed by atoms with E-state index in [4.69, 9.17) is 10.5 Å². The predicted molar refractivity (Wildman–Crippen MR) is 77.1 cm³/mol. The van der Waals surface area contributed by atoms with E-state index in [9.17, 15) is 0 Å². The highest BCUT2D eigenvalue weighted by molar-refractivity contribution is 5.27. The normalized spacial score (nSPS) is 30.5. The average molecular weight is 260 g/mol. The van der Waals surface area contributed by atoms with Crippen LogP contribution in [0.2, 0.25) is 0 Å². The van der Waals surface area contributed by atoms with Crippen molar-refractivity contribution >= 4 is 0 Å². The van der Waals surface area contributed by atoms with Crippen molar-refractivity contribution in [2.45, 2.75) is 31.8 Å². The zero-order valence-electron chi connectivity index (χ0n) is 11.7. The van der Waals surface area contributed by atoms with Crippen molar-refractivity contribution in [1.29, 1.82) is 0 Å². The van der Waals surface area contributed by atoms with Crippen LogP contribution in [0.1, 0.15) is 24.8 Å². The molecule has 2 fully saturated rings. The van der Waals surface area contributed by atoms with Crippen molar-refractivity contribution in [3.05, 3.63) is 29.8 Å². The second-order valence-electron chi connectivity index (χ2n) is 6.00. The Morgan fingerprint density at radius 1 is 1.26 bits per heavy atom. The zero-order chi connectivity index (χ0) is 13.2. The number of likely N-dealkylation sites (tertiary alicyclic amines) is 1. The van der Waals surface area contributed by atoms with Crippen LogP contribution < -0.4 is 10.5 Å². The van der Waals surface area contributed by atoms with Crippen molar-refractivity contribution < 1.29 is 4.74 Å². The third kappa shape index (κ3) is 2.63. The SMILES string of the molecule is COc1ccc(CN2CC3CC2CCC3CN)cc1. The number of hydrogen-bond acceptors (Lipinski definition) is 3. The fraction of sp³-hybridized carbons (Fsp3) is 0.625. The highest BCUT2D eigenvalue weighted by Gasteiger charge is 2.39. The fourth-order valence-corrected chi connectivity index (χ4v) is 3.78. The molecular formula is C16H24N2O. The second-order valence-corrected chi connectivity index (χ2v) is 6.00. The summed E-state index contributed by atoms with van der Waals surface area (Å²) < 4.78 is 5.21. The first kappa shape index (κ1) is 12.9. The van der Waals surface area contributed by atoms with Crippen LogP contribution in [0.3, 0.4) is 0 Å². The Morgan fingerprint density at radius 2 is 2.05 bits per heavy atom. The first-order valence-corrected chi connectivity index (χ1v) is 7.37. The van der Waals surface area contributed by atoms with Gasteiger partial charge in [0.25, 0.3) is 0 Å². The Labute approximate surface area is 115 Å². The van der Waals surface area contributed by atoms with Crippen molar-refractivity contribution in [3.8, 4) is 5.75 Å². The summed E-state index contributed by atoms with van der Waals surface area (Å²) >= 11 is 0. The van der Waals surface area contributed by atoms with Gasteiger partial charge in [0.2, 0.25) is 0 Å². The van der Waals surface area contributed by atoms with Gasteiger partial charge in [0.15, 0.2) is 0 Å². The maximum absolute atomic E-state index is 5.89. The van der Waals surface area contributed by atoms with E-state index in [0.29, 0.717) is 0 Å². The van der Waals surface area contributed by atoms with E-state index in [1.807, 2.05) is 0 Å². The molecule has 2 bridgehead atoms. The number of rotatable bonds is 4. The molecule has 0 spiro atoms. The molecule has 1 aliphatic carbocycles. The molecule has 3 heteroatoms.